The molecule has 0 bridgehead atoms. The number of hydrogen-bond donors (Lipinski definition) is 2. The van der Waals surface area contributed by atoms with Crippen molar-refractivity contribution in [3.63, 3.8) is 0 Å². The summed E-state index contributed by atoms with van der Waals surface area (Å²) in [5.41, 5.74) is 2.46. The van der Waals surface area contributed by atoms with Crippen molar-refractivity contribution in [1.82, 2.24) is 0 Å². The van der Waals surface area contributed by atoms with E-state index in [0.717, 1.165) is 35.2 Å². The summed E-state index contributed by atoms with van der Waals surface area (Å²) in [4.78, 5) is 11.9. The average Bonchev–Trinajstić information content (AvgIpc) is 2.62. The van der Waals surface area contributed by atoms with Gasteiger partial charge < -0.3 is 32.0 Å². The van der Waals surface area contributed by atoms with Crippen molar-refractivity contribution < 1.29 is 26.7 Å². The van der Waals surface area contributed by atoms with E-state index in [2.05, 4.69) is 12.2 Å². The summed E-state index contributed by atoms with van der Waals surface area (Å²) in [6.45, 7) is 4.97. The van der Waals surface area contributed by atoms with Crippen LogP contribution in [0.1, 0.15) is 31.4 Å². The molecular weight excluding hydrogens is 366 g/mol. The second-order valence-corrected chi connectivity index (χ2v) is 6.09. The molecule has 0 spiro atoms. The van der Waals surface area contributed by atoms with E-state index in [4.69, 9.17) is 9.15 Å². The largest absolute Gasteiger partial charge is 1.00 e. The first-order chi connectivity index (χ1) is 12.6. The minimum Gasteiger partial charge on any atom is -1.00 e. The van der Waals surface area contributed by atoms with Gasteiger partial charge in [-0.1, -0.05) is 13.3 Å². The van der Waals surface area contributed by atoms with E-state index in [1.165, 1.54) is 6.07 Å². The lowest BCUT2D eigenvalue weighted by atomic mass is 10.0. The molecule has 6 heteroatoms. The van der Waals surface area contributed by atoms with Crippen LogP contribution in [0.15, 0.2) is 51.7 Å². The maximum absolute atomic E-state index is 11.9. The van der Waals surface area contributed by atoms with E-state index in [1.54, 1.807) is 12.1 Å². The molecule has 0 amide bonds. The van der Waals surface area contributed by atoms with Gasteiger partial charge >= 0.3 is 5.63 Å². The van der Waals surface area contributed by atoms with Gasteiger partial charge in [0.15, 0.2) is 0 Å². The third-order valence-electron chi connectivity index (χ3n) is 4.23. The van der Waals surface area contributed by atoms with E-state index in [1.807, 2.05) is 31.2 Å². The molecule has 144 valence electrons. The van der Waals surface area contributed by atoms with E-state index >= 15 is 0 Å². The molecule has 0 radical (unpaired) electrons. The predicted molar refractivity (Wildman–Crippen MR) is 103 cm³/mol. The Bertz CT molecular complexity index is 951. The van der Waals surface area contributed by atoms with Gasteiger partial charge in [0.2, 0.25) is 0 Å². The Morgan fingerprint density at radius 3 is 2.52 bits per heavy atom. The highest BCUT2D eigenvalue weighted by molar-refractivity contribution is 5.85. The summed E-state index contributed by atoms with van der Waals surface area (Å²) >= 11 is 0. The molecule has 2 aromatic carbocycles. The van der Waals surface area contributed by atoms with Crippen molar-refractivity contribution in [3.05, 3.63) is 64.0 Å². The van der Waals surface area contributed by atoms with Crippen molar-refractivity contribution in [2.24, 2.45) is 0 Å². The van der Waals surface area contributed by atoms with Crippen molar-refractivity contribution in [2.45, 2.75) is 33.2 Å². The van der Waals surface area contributed by atoms with Gasteiger partial charge in [0.25, 0.3) is 0 Å². The second-order valence-electron chi connectivity index (χ2n) is 6.09. The number of aromatic hydroxyl groups is 1. The molecule has 2 N–H and O–H groups in total. The molecule has 0 unspecified atom stereocenters. The van der Waals surface area contributed by atoms with Crippen molar-refractivity contribution in [3.8, 4) is 11.5 Å². The lowest BCUT2D eigenvalue weighted by molar-refractivity contribution is -0.00000743. The monoisotopic (exact) mass is 388 g/mol. The summed E-state index contributed by atoms with van der Waals surface area (Å²) in [5.74, 6) is 0.911. The fraction of sp³-hybridized carbons (Fsp3) is 0.286. The van der Waals surface area contributed by atoms with Crippen molar-refractivity contribution in [2.75, 3.05) is 11.9 Å². The highest BCUT2D eigenvalue weighted by Gasteiger charge is 2.13. The Labute approximate surface area is 164 Å². The van der Waals surface area contributed by atoms with Gasteiger partial charge in [-0.2, -0.15) is 0 Å². The number of phenolic OH excluding ortho intramolecular Hbond substituents is 1. The van der Waals surface area contributed by atoms with Gasteiger partial charge in [-0.3, -0.25) is 0 Å². The van der Waals surface area contributed by atoms with Gasteiger partial charge in [-0.15, -0.1) is 0 Å². The first kappa shape index (κ1) is 20.6. The molecule has 0 aliphatic heterocycles. The Hall–Kier alpha value is -2.66. The summed E-state index contributed by atoms with van der Waals surface area (Å²) in [5, 5.41) is 14.4. The third-order valence-corrected chi connectivity index (χ3v) is 4.23. The van der Waals surface area contributed by atoms with Crippen LogP contribution in [0.2, 0.25) is 0 Å². The number of anilines is 1. The second kappa shape index (κ2) is 9.33. The fourth-order valence-electron chi connectivity index (χ4n) is 3.01. The molecule has 0 fully saturated rings. The molecule has 0 atom stereocenters. The molecule has 3 aromatic rings. The zero-order valence-electron chi connectivity index (χ0n) is 15.4. The molecule has 0 aliphatic carbocycles. The van der Waals surface area contributed by atoms with Gasteiger partial charge in [0.1, 0.15) is 17.1 Å². The van der Waals surface area contributed by atoms with E-state index in [-0.39, 0.29) is 18.2 Å². The van der Waals surface area contributed by atoms with Crippen LogP contribution in [-0.2, 0) is 13.0 Å². The van der Waals surface area contributed by atoms with Crippen LogP contribution >= 0.6 is 0 Å². The zero-order chi connectivity index (χ0) is 18.5. The van der Waals surface area contributed by atoms with Crippen LogP contribution in [0.25, 0.3) is 11.0 Å². The first-order valence-corrected chi connectivity index (χ1v) is 8.86. The first-order valence-electron chi connectivity index (χ1n) is 8.86. The van der Waals surface area contributed by atoms with Crippen LogP contribution in [-0.4, -0.2) is 11.7 Å². The van der Waals surface area contributed by atoms with Gasteiger partial charge in [-0.05, 0) is 55.3 Å². The number of halogens is 1. The molecule has 0 saturated heterocycles. The van der Waals surface area contributed by atoms with Crippen LogP contribution in [0.4, 0.5) is 5.69 Å². The third kappa shape index (κ3) is 4.74. The van der Waals surface area contributed by atoms with Crippen LogP contribution in [0.3, 0.4) is 0 Å². The number of rotatable bonds is 7. The molecular formula is C21H23ClNO4-. The number of aryl methyl sites for hydroxylation is 1. The predicted octanol–water partition coefficient (Wildman–Crippen LogP) is 1.47. The maximum atomic E-state index is 11.9. The maximum Gasteiger partial charge on any atom is 0.336 e. The number of benzene rings is 2. The molecule has 1 heterocycles. The zero-order valence-corrected chi connectivity index (χ0v) is 16.2. The fourth-order valence-corrected chi connectivity index (χ4v) is 3.01. The lowest BCUT2D eigenvalue weighted by Crippen LogP contribution is -3.00. The molecule has 27 heavy (non-hydrogen) atoms. The SMILES string of the molecule is CCCc1cc(=O)oc2c(CNc3ccc(OCC)cc3)c(O)ccc12.[Cl-]. The Balaban J connectivity index is 0.00000261. The number of nitrogens with one attached hydrogen (secondary N) is 1. The van der Waals surface area contributed by atoms with Gasteiger partial charge in [0, 0.05) is 23.7 Å². The van der Waals surface area contributed by atoms with Crippen LogP contribution < -0.4 is 28.1 Å². The highest BCUT2D eigenvalue weighted by atomic mass is 35.5. The van der Waals surface area contributed by atoms with Crippen molar-refractivity contribution in [1.29, 1.82) is 0 Å². The molecule has 5 nitrogen and oxygen atoms in total. The summed E-state index contributed by atoms with van der Waals surface area (Å²) in [7, 11) is 0. The smallest absolute Gasteiger partial charge is 0.336 e. The molecule has 3 rings (SSSR count). The van der Waals surface area contributed by atoms with E-state index in [9.17, 15) is 9.90 Å². The number of hydrogen-bond acceptors (Lipinski definition) is 5. The number of fused-ring (bicyclic) bond motifs is 1. The number of ether oxygens (including phenoxy) is 1. The van der Waals surface area contributed by atoms with Crippen LogP contribution in [0.5, 0.6) is 11.5 Å². The Kier molecular flexibility index (Phi) is 7.13. The van der Waals surface area contributed by atoms with E-state index < -0.39 is 5.63 Å². The highest BCUT2D eigenvalue weighted by Crippen LogP contribution is 2.29. The van der Waals surface area contributed by atoms with Gasteiger partial charge in [0.05, 0.1) is 12.2 Å². The van der Waals surface area contributed by atoms with Gasteiger partial charge in [-0.25, -0.2) is 4.79 Å². The number of phenols is 1. The topological polar surface area (TPSA) is 71.7 Å². The quantitative estimate of drug-likeness (QED) is 0.600. The Morgan fingerprint density at radius 2 is 1.85 bits per heavy atom. The minimum absolute atomic E-state index is 0. The normalized spacial score (nSPS) is 10.4. The van der Waals surface area contributed by atoms with Crippen LogP contribution in [0, 0.1) is 0 Å². The lowest BCUT2D eigenvalue weighted by Gasteiger charge is -2.12. The Morgan fingerprint density at radius 1 is 1.11 bits per heavy atom. The summed E-state index contributed by atoms with van der Waals surface area (Å²) in [6.07, 6.45) is 1.72. The summed E-state index contributed by atoms with van der Waals surface area (Å²) in [6, 6.07) is 12.6. The standard InChI is InChI=1S/C21H23NO4.ClH/c1-3-5-14-12-20(24)26-21-17(14)10-11-19(23)18(21)13-22-15-6-8-16(9-7-15)25-4-2;/h6-12,22-23H,3-5,13H2,1-2H3;1H/p-1. The minimum atomic E-state index is -0.395. The molecule has 1 aromatic heterocycles. The summed E-state index contributed by atoms with van der Waals surface area (Å²) < 4.78 is 10.9. The average molecular weight is 389 g/mol. The van der Waals surface area contributed by atoms with E-state index in [0.29, 0.717) is 24.3 Å². The van der Waals surface area contributed by atoms with Crippen molar-refractivity contribution >= 4 is 16.7 Å². The molecule has 0 saturated carbocycles. The molecule has 0 aliphatic rings.